The van der Waals surface area contributed by atoms with E-state index in [1.165, 1.54) is 0 Å². The number of halogens is 2. The molecule has 0 aromatic heterocycles. The summed E-state index contributed by atoms with van der Waals surface area (Å²) in [7, 11) is -4.07. The zero-order valence-electron chi connectivity index (χ0n) is 11.4. The minimum atomic E-state index is -4.07. The van der Waals surface area contributed by atoms with E-state index in [9.17, 15) is 17.2 Å². The van der Waals surface area contributed by atoms with Crippen molar-refractivity contribution in [3.63, 3.8) is 0 Å². The number of nitrogens with one attached hydrogen (secondary N) is 2. The minimum absolute atomic E-state index is 0.0161. The quantitative estimate of drug-likeness (QED) is 0.768. The molecule has 2 rings (SSSR count). The summed E-state index contributed by atoms with van der Waals surface area (Å²) in [6, 6.07) is 2.31. The van der Waals surface area contributed by atoms with E-state index in [1.807, 2.05) is 0 Å². The summed E-state index contributed by atoms with van der Waals surface area (Å²) >= 11 is 0. The van der Waals surface area contributed by atoms with Crippen LogP contribution in [0.5, 0.6) is 0 Å². The molecule has 2 N–H and O–H groups in total. The summed E-state index contributed by atoms with van der Waals surface area (Å²) in [4.78, 5) is -0.690. The van der Waals surface area contributed by atoms with Gasteiger partial charge in [-0.1, -0.05) is 0 Å². The molecule has 0 amide bonds. The maximum absolute atomic E-state index is 13.4. The molecule has 1 saturated heterocycles. The lowest BCUT2D eigenvalue weighted by Gasteiger charge is -2.22. The third-order valence-corrected chi connectivity index (χ3v) is 4.69. The normalized spacial score (nSPS) is 17.0. The van der Waals surface area contributed by atoms with Gasteiger partial charge in [-0.15, -0.1) is 0 Å². The lowest BCUT2D eigenvalue weighted by atomic mass is 10.1. The van der Waals surface area contributed by atoms with Crippen LogP contribution in [0.15, 0.2) is 23.1 Å². The van der Waals surface area contributed by atoms with Gasteiger partial charge in [0.25, 0.3) is 0 Å². The Morgan fingerprint density at radius 1 is 1.29 bits per heavy atom. The third kappa shape index (κ3) is 4.70. The first-order valence-corrected chi connectivity index (χ1v) is 8.24. The number of rotatable bonds is 6. The highest BCUT2D eigenvalue weighted by atomic mass is 32.2. The predicted molar refractivity (Wildman–Crippen MR) is 73.4 cm³/mol. The van der Waals surface area contributed by atoms with Crippen molar-refractivity contribution >= 4 is 10.0 Å². The molecule has 0 radical (unpaired) electrons. The first kappa shape index (κ1) is 16.3. The Bertz CT molecular complexity index is 575. The average Bonchev–Trinajstić information content (AvgIpc) is 2.47. The Kier molecular flexibility index (Phi) is 5.63. The average molecular weight is 320 g/mol. The van der Waals surface area contributed by atoms with Gasteiger partial charge < -0.3 is 10.1 Å². The molecule has 1 aliphatic heterocycles. The van der Waals surface area contributed by atoms with Crippen LogP contribution in [-0.4, -0.2) is 40.8 Å². The van der Waals surface area contributed by atoms with Crippen LogP contribution in [0.2, 0.25) is 0 Å². The zero-order chi connectivity index (χ0) is 15.3. The molecule has 21 heavy (non-hydrogen) atoms. The lowest BCUT2D eigenvalue weighted by molar-refractivity contribution is 0.0366. The van der Waals surface area contributed by atoms with Crippen LogP contribution in [0.4, 0.5) is 8.78 Å². The van der Waals surface area contributed by atoms with Crippen LogP contribution in [0, 0.1) is 11.6 Å². The number of ether oxygens (including phenoxy) is 1. The molecule has 0 aliphatic carbocycles. The molecule has 0 unspecified atom stereocenters. The Hall–Kier alpha value is -1.09. The van der Waals surface area contributed by atoms with Gasteiger partial charge in [0.2, 0.25) is 10.0 Å². The van der Waals surface area contributed by atoms with Crippen molar-refractivity contribution in [3.8, 4) is 0 Å². The highest BCUT2D eigenvalue weighted by Gasteiger charge is 2.20. The Morgan fingerprint density at radius 2 is 2.00 bits per heavy atom. The van der Waals surface area contributed by atoms with Crippen molar-refractivity contribution < 1.29 is 21.9 Å². The van der Waals surface area contributed by atoms with Gasteiger partial charge in [0, 0.05) is 6.54 Å². The molecule has 0 saturated carbocycles. The number of hydrogen-bond acceptors (Lipinski definition) is 4. The van der Waals surface area contributed by atoms with E-state index in [0.29, 0.717) is 6.07 Å². The topological polar surface area (TPSA) is 67.4 Å². The number of hydrogen-bond donors (Lipinski definition) is 2. The fraction of sp³-hybridized carbons (Fsp3) is 0.538. The van der Waals surface area contributed by atoms with E-state index in [1.54, 1.807) is 0 Å². The summed E-state index contributed by atoms with van der Waals surface area (Å²) in [5.74, 6) is -1.79. The summed E-state index contributed by atoms with van der Waals surface area (Å²) in [6.07, 6.45) is 1.87. The lowest BCUT2D eigenvalue weighted by Crippen LogP contribution is -2.35. The van der Waals surface area contributed by atoms with Crippen molar-refractivity contribution in [1.82, 2.24) is 10.0 Å². The summed E-state index contributed by atoms with van der Waals surface area (Å²) in [5.41, 5.74) is 0. The summed E-state index contributed by atoms with van der Waals surface area (Å²) in [6.45, 7) is 1.97. The molecule has 5 nitrogen and oxygen atoms in total. The second-order valence-electron chi connectivity index (χ2n) is 4.79. The first-order chi connectivity index (χ1) is 9.99. The monoisotopic (exact) mass is 320 g/mol. The van der Waals surface area contributed by atoms with Crippen LogP contribution in [-0.2, 0) is 14.8 Å². The van der Waals surface area contributed by atoms with Gasteiger partial charge in [0.1, 0.15) is 16.5 Å². The van der Waals surface area contributed by atoms with Crippen molar-refractivity contribution in [2.75, 3.05) is 26.2 Å². The van der Waals surface area contributed by atoms with Gasteiger partial charge in [-0.2, -0.15) is 0 Å². The Morgan fingerprint density at radius 3 is 2.71 bits per heavy atom. The fourth-order valence-corrected chi connectivity index (χ4v) is 3.22. The number of piperidine rings is 1. The van der Waals surface area contributed by atoms with Crippen molar-refractivity contribution in [3.05, 3.63) is 29.8 Å². The molecule has 1 aromatic carbocycles. The zero-order valence-corrected chi connectivity index (χ0v) is 12.3. The fourth-order valence-electron chi connectivity index (χ4n) is 2.12. The highest BCUT2D eigenvalue weighted by Crippen LogP contribution is 2.15. The van der Waals surface area contributed by atoms with Crippen molar-refractivity contribution in [1.29, 1.82) is 0 Å². The number of benzene rings is 1. The van der Waals surface area contributed by atoms with Crippen LogP contribution < -0.4 is 10.0 Å². The Labute approximate surface area is 122 Å². The van der Waals surface area contributed by atoms with E-state index in [-0.39, 0.29) is 19.3 Å². The summed E-state index contributed by atoms with van der Waals surface area (Å²) in [5, 5.41) is 3.19. The van der Waals surface area contributed by atoms with Crippen LogP contribution in [0.25, 0.3) is 0 Å². The second-order valence-corrected chi connectivity index (χ2v) is 6.53. The van der Waals surface area contributed by atoms with E-state index >= 15 is 0 Å². The van der Waals surface area contributed by atoms with Gasteiger partial charge in [0.05, 0.1) is 12.7 Å². The van der Waals surface area contributed by atoms with Crippen LogP contribution in [0.3, 0.4) is 0 Å². The largest absolute Gasteiger partial charge is 0.377 e. The highest BCUT2D eigenvalue weighted by molar-refractivity contribution is 7.89. The molecular weight excluding hydrogens is 302 g/mol. The maximum atomic E-state index is 13.4. The smallest absolute Gasteiger partial charge is 0.243 e. The Balaban J connectivity index is 1.85. The van der Waals surface area contributed by atoms with Gasteiger partial charge >= 0.3 is 0 Å². The maximum Gasteiger partial charge on any atom is 0.243 e. The van der Waals surface area contributed by atoms with E-state index in [2.05, 4.69) is 10.0 Å². The van der Waals surface area contributed by atoms with E-state index < -0.39 is 26.6 Å². The minimum Gasteiger partial charge on any atom is -0.377 e. The van der Waals surface area contributed by atoms with Crippen molar-refractivity contribution in [2.24, 2.45) is 0 Å². The first-order valence-electron chi connectivity index (χ1n) is 6.76. The molecule has 0 bridgehead atoms. The molecule has 1 heterocycles. The molecule has 118 valence electrons. The molecule has 1 fully saturated rings. The van der Waals surface area contributed by atoms with Gasteiger partial charge in [-0.05, 0) is 44.1 Å². The van der Waals surface area contributed by atoms with Gasteiger partial charge in [0.15, 0.2) is 0 Å². The third-order valence-electron chi connectivity index (χ3n) is 3.22. The van der Waals surface area contributed by atoms with E-state index in [0.717, 1.165) is 38.1 Å². The second kappa shape index (κ2) is 7.26. The van der Waals surface area contributed by atoms with Crippen molar-refractivity contribution in [2.45, 2.75) is 23.8 Å². The van der Waals surface area contributed by atoms with Crippen LogP contribution in [0.1, 0.15) is 12.8 Å². The standard InChI is InChI=1S/C13H18F2N2O3S/c14-10-1-2-12(15)13(9-10)21(18,19)17-7-8-20-11-3-5-16-6-4-11/h1-2,9,11,16-17H,3-8H2. The molecule has 1 aliphatic rings. The molecule has 0 atom stereocenters. The molecule has 8 heteroatoms. The SMILES string of the molecule is O=S(=O)(NCCOC1CCNCC1)c1cc(F)ccc1F. The predicted octanol–water partition coefficient (Wildman–Crippen LogP) is 1.01. The van der Waals surface area contributed by atoms with Crippen LogP contribution >= 0.6 is 0 Å². The molecular formula is C13H18F2N2O3S. The summed E-state index contributed by atoms with van der Waals surface area (Å²) < 4.78 is 57.9. The number of sulfonamides is 1. The van der Waals surface area contributed by atoms with Gasteiger partial charge in [-0.25, -0.2) is 21.9 Å². The van der Waals surface area contributed by atoms with E-state index in [4.69, 9.17) is 4.74 Å². The van der Waals surface area contributed by atoms with Gasteiger partial charge in [-0.3, -0.25) is 0 Å². The molecule has 1 aromatic rings. The molecule has 0 spiro atoms.